The van der Waals surface area contributed by atoms with E-state index in [1.54, 1.807) is 0 Å². The molecule has 0 saturated heterocycles. The maximum Gasteiger partial charge on any atom is 0.183 e. The molecule has 0 amide bonds. The number of anilines is 1. The van der Waals surface area contributed by atoms with Crippen molar-refractivity contribution in [2.45, 2.75) is 26.8 Å². The first-order valence-electron chi connectivity index (χ1n) is 5.73. The highest BCUT2D eigenvalue weighted by Crippen LogP contribution is 2.27. The van der Waals surface area contributed by atoms with Crippen molar-refractivity contribution in [1.29, 1.82) is 0 Å². The summed E-state index contributed by atoms with van der Waals surface area (Å²) in [7, 11) is 0. The molecule has 0 aliphatic carbocycles. The van der Waals surface area contributed by atoms with E-state index < -0.39 is 0 Å². The molecule has 0 fully saturated rings. The minimum atomic E-state index is 0.593. The molecule has 1 aromatic carbocycles. The first-order chi connectivity index (χ1) is 8.60. The number of hydrogen-bond acceptors (Lipinski definition) is 3. The molecule has 0 spiro atoms. The number of thiazole rings is 1. The van der Waals surface area contributed by atoms with Crippen molar-refractivity contribution in [1.82, 2.24) is 4.98 Å². The maximum absolute atomic E-state index is 5.83. The molecule has 0 bridgehead atoms. The number of benzene rings is 1. The summed E-state index contributed by atoms with van der Waals surface area (Å²) in [5.74, 6) is 0. The van der Waals surface area contributed by atoms with E-state index in [9.17, 15) is 0 Å². The van der Waals surface area contributed by atoms with Crippen LogP contribution in [0.25, 0.3) is 0 Å². The van der Waals surface area contributed by atoms with Crippen LogP contribution in [0.3, 0.4) is 0 Å². The number of aryl methyl sites for hydroxylation is 2. The number of aromatic nitrogens is 1. The highest BCUT2D eigenvalue weighted by atomic mass is 79.9. The van der Waals surface area contributed by atoms with E-state index in [2.05, 4.69) is 52.2 Å². The zero-order valence-corrected chi connectivity index (χ0v) is 13.4. The molecule has 0 saturated carbocycles. The van der Waals surface area contributed by atoms with E-state index in [1.165, 1.54) is 28.2 Å². The lowest BCUT2D eigenvalue weighted by Crippen LogP contribution is -2.03. The lowest BCUT2D eigenvalue weighted by Gasteiger charge is -2.14. The molecule has 0 atom stereocenters. The molecule has 2 aromatic rings. The molecule has 2 rings (SSSR count). The minimum absolute atomic E-state index is 0.593. The van der Waals surface area contributed by atoms with E-state index in [-0.39, 0.29) is 0 Å². The van der Waals surface area contributed by atoms with E-state index in [1.807, 2.05) is 6.20 Å². The van der Waals surface area contributed by atoms with Gasteiger partial charge in [-0.15, -0.1) is 11.3 Å². The molecular formula is C13H14BrClN2S. The van der Waals surface area contributed by atoms with Gasteiger partial charge in [0, 0.05) is 21.2 Å². The summed E-state index contributed by atoms with van der Waals surface area (Å²) in [5, 5.41) is 3.48. The number of nitrogens with one attached hydrogen (secondary N) is 1. The standard InChI is InChI=1S/C13H14BrClN2S/c1-3-9-5-10(14)4-8(2)12(9)16-6-11-7-17-13(15)18-11/h4-5,7,16H,3,6H2,1-2H3. The van der Waals surface area contributed by atoms with Crippen molar-refractivity contribution >= 4 is 44.6 Å². The third-order valence-corrected chi connectivity index (χ3v) is 4.30. The van der Waals surface area contributed by atoms with Crippen LogP contribution in [0.1, 0.15) is 22.9 Å². The van der Waals surface area contributed by atoms with Gasteiger partial charge in [0.05, 0.1) is 6.54 Å². The number of rotatable bonds is 4. The van der Waals surface area contributed by atoms with Crippen LogP contribution in [0.2, 0.25) is 4.47 Å². The number of halogens is 2. The normalized spacial score (nSPS) is 10.7. The summed E-state index contributed by atoms with van der Waals surface area (Å²) < 4.78 is 1.72. The van der Waals surface area contributed by atoms with Gasteiger partial charge in [-0.3, -0.25) is 0 Å². The number of nitrogens with zero attached hydrogens (tertiary/aromatic N) is 1. The largest absolute Gasteiger partial charge is 0.380 e. The molecule has 0 unspecified atom stereocenters. The Kier molecular flexibility index (Phi) is 4.65. The molecule has 1 aromatic heterocycles. The predicted octanol–water partition coefficient (Wildman–Crippen LogP) is 5.04. The van der Waals surface area contributed by atoms with Gasteiger partial charge in [-0.05, 0) is 36.6 Å². The first-order valence-corrected chi connectivity index (χ1v) is 7.72. The van der Waals surface area contributed by atoms with Gasteiger partial charge >= 0.3 is 0 Å². The second-order valence-corrected chi connectivity index (χ2v) is 6.66. The Morgan fingerprint density at radius 1 is 1.44 bits per heavy atom. The fourth-order valence-corrected chi connectivity index (χ4v) is 3.42. The SMILES string of the molecule is CCc1cc(Br)cc(C)c1NCc1cnc(Cl)s1. The van der Waals surface area contributed by atoms with Crippen LogP contribution in [0.15, 0.2) is 22.8 Å². The Hall–Kier alpha value is -0.580. The quantitative estimate of drug-likeness (QED) is 0.839. The Morgan fingerprint density at radius 3 is 2.83 bits per heavy atom. The summed E-state index contributed by atoms with van der Waals surface area (Å²) in [5.41, 5.74) is 3.78. The van der Waals surface area contributed by atoms with E-state index in [0.29, 0.717) is 4.47 Å². The molecule has 5 heteroatoms. The van der Waals surface area contributed by atoms with Crippen LogP contribution in [0.5, 0.6) is 0 Å². The van der Waals surface area contributed by atoms with Crippen LogP contribution in [-0.4, -0.2) is 4.98 Å². The monoisotopic (exact) mass is 344 g/mol. The molecule has 2 nitrogen and oxygen atoms in total. The smallest absolute Gasteiger partial charge is 0.183 e. The second kappa shape index (κ2) is 6.04. The molecule has 18 heavy (non-hydrogen) atoms. The van der Waals surface area contributed by atoms with Gasteiger partial charge in [0.25, 0.3) is 0 Å². The third kappa shape index (κ3) is 3.25. The molecular weight excluding hydrogens is 332 g/mol. The highest BCUT2D eigenvalue weighted by Gasteiger charge is 2.07. The van der Waals surface area contributed by atoms with Gasteiger partial charge in [0.2, 0.25) is 0 Å². The zero-order chi connectivity index (χ0) is 13.1. The lowest BCUT2D eigenvalue weighted by atomic mass is 10.1. The van der Waals surface area contributed by atoms with Crippen LogP contribution >= 0.6 is 38.9 Å². The molecule has 0 aliphatic rings. The van der Waals surface area contributed by atoms with Gasteiger partial charge < -0.3 is 5.32 Å². The second-order valence-electron chi connectivity index (χ2n) is 4.04. The maximum atomic E-state index is 5.83. The summed E-state index contributed by atoms with van der Waals surface area (Å²) in [4.78, 5) is 5.19. The van der Waals surface area contributed by atoms with E-state index in [4.69, 9.17) is 11.6 Å². The van der Waals surface area contributed by atoms with Crippen molar-refractivity contribution in [3.8, 4) is 0 Å². The number of hydrogen-bond donors (Lipinski definition) is 1. The minimum Gasteiger partial charge on any atom is -0.380 e. The molecule has 0 radical (unpaired) electrons. The molecule has 1 N–H and O–H groups in total. The van der Waals surface area contributed by atoms with Crippen molar-refractivity contribution < 1.29 is 0 Å². The van der Waals surface area contributed by atoms with E-state index >= 15 is 0 Å². The molecule has 0 aliphatic heterocycles. The molecule has 96 valence electrons. The Morgan fingerprint density at radius 2 is 2.22 bits per heavy atom. The van der Waals surface area contributed by atoms with Gasteiger partial charge in [-0.1, -0.05) is 34.5 Å². The van der Waals surface area contributed by atoms with Crippen molar-refractivity contribution in [2.24, 2.45) is 0 Å². The average Bonchev–Trinajstić information content (AvgIpc) is 2.73. The van der Waals surface area contributed by atoms with Crippen LogP contribution in [0.4, 0.5) is 5.69 Å². The fourth-order valence-electron chi connectivity index (χ4n) is 1.89. The summed E-state index contributed by atoms with van der Waals surface area (Å²) in [6.45, 7) is 5.04. The van der Waals surface area contributed by atoms with Crippen molar-refractivity contribution in [2.75, 3.05) is 5.32 Å². The lowest BCUT2D eigenvalue weighted by molar-refractivity contribution is 1.09. The van der Waals surface area contributed by atoms with Crippen LogP contribution < -0.4 is 5.32 Å². The first kappa shape index (κ1) is 13.8. The highest BCUT2D eigenvalue weighted by molar-refractivity contribution is 9.10. The average molecular weight is 346 g/mol. The summed E-state index contributed by atoms with van der Waals surface area (Å²) in [6, 6.07) is 4.29. The van der Waals surface area contributed by atoms with Gasteiger partial charge in [-0.25, -0.2) is 4.98 Å². The van der Waals surface area contributed by atoms with E-state index in [0.717, 1.165) is 22.3 Å². The Balaban J connectivity index is 2.18. The summed E-state index contributed by atoms with van der Waals surface area (Å²) >= 11 is 10.9. The van der Waals surface area contributed by atoms with Gasteiger partial charge in [0.1, 0.15) is 0 Å². The van der Waals surface area contributed by atoms with Gasteiger partial charge in [-0.2, -0.15) is 0 Å². The van der Waals surface area contributed by atoms with Crippen molar-refractivity contribution in [3.05, 3.63) is 43.3 Å². The zero-order valence-electron chi connectivity index (χ0n) is 10.3. The Bertz CT molecular complexity index is 554. The van der Waals surface area contributed by atoms with Crippen LogP contribution in [0, 0.1) is 6.92 Å². The summed E-state index contributed by atoms with van der Waals surface area (Å²) in [6.07, 6.45) is 2.83. The van der Waals surface area contributed by atoms with Crippen molar-refractivity contribution in [3.63, 3.8) is 0 Å². The van der Waals surface area contributed by atoms with Gasteiger partial charge in [0.15, 0.2) is 4.47 Å². The molecule has 1 heterocycles. The van der Waals surface area contributed by atoms with Crippen LogP contribution in [-0.2, 0) is 13.0 Å². The third-order valence-electron chi connectivity index (χ3n) is 2.73. The predicted molar refractivity (Wildman–Crippen MR) is 82.7 cm³/mol. The topological polar surface area (TPSA) is 24.9 Å². The Labute approximate surface area is 125 Å². The fraction of sp³-hybridized carbons (Fsp3) is 0.308.